The van der Waals surface area contributed by atoms with Gasteiger partial charge < -0.3 is 10.2 Å². The van der Waals surface area contributed by atoms with Gasteiger partial charge in [0.05, 0.1) is 16.8 Å². The number of rotatable bonds is 2. The number of urea groups is 1. The van der Waals surface area contributed by atoms with Gasteiger partial charge in [0.25, 0.3) is 0 Å². The number of para-hydroxylation sites is 1. The Morgan fingerprint density at radius 2 is 1.91 bits per heavy atom. The van der Waals surface area contributed by atoms with Crippen LogP contribution in [-0.2, 0) is 0 Å². The maximum Gasteiger partial charge on any atom is 0.322 e. The standard InChI is InChI=1S/C18H19ClN2O/c1-13-7-2-3-8-14(13)17-11-6-12-21(17)18(22)20-16-10-5-4-9-15(16)19/h2-5,7-10,17H,6,11-12H2,1H3,(H,20,22)/t17-/m1/s1. The van der Waals surface area contributed by atoms with E-state index in [2.05, 4.69) is 24.4 Å². The van der Waals surface area contributed by atoms with Crippen LogP contribution in [-0.4, -0.2) is 17.5 Å². The smallest absolute Gasteiger partial charge is 0.317 e. The van der Waals surface area contributed by atoms with E-state index < -0.39 is 0 Å². The number of aryl methyl sites for hydroxylation is 1. The molecule has 1 aliphatic heterocycles. The number of amides is 2. The molecule has 0 aromatic heterocycles. The number of anilines is 1. The van der Waals surface area contributed by atoms with Gasteiger partial charge in [-0.3, -0.25) is 0 Å². The molecule has 1 saturated heterocycles. The van der Waals surface area contributed by atoms with Crippen LogP contribution in [0.1, 0.15) is 30.0 Å². The third-order valence-corrected chi connectivity index (χ3v) is 4.51. The lowest BCUT2D eigenvalue weighted by molar-refractivity contribution is 0.207. The van der Waals surface area contributed by atoms with Gasteiger partial charge in [-0.15, -0.1) is 0 Å². The quantitative estimate of drug-likeness (QED) is 0.829. The second-order valence-electron chi connectivity index (χ2n) is 5.62. The second kappa shape index (κ2) is 6.41. The van der Waals surface area contributed by atoms with E-state index in [-0.39, 0.29) is 12.1 Å². The van der Waals surface area contributed by atoms with Gasteiger partial charge >= 0.3 is 6.03 Å². The highest BCUT2D eigenvalue weighted by molar-refractivity contribution is 6.33. The van der Waals surface area contributed by atoms with Crippen LogP contribution in [0.2, 0.25) is 5.02 Å². The summed E-state index contributed by atoms with van der Waals surface area (Å²) < 4.78 is 0. The number of carbonyl (C=O) groups excluding carboxylic acids is 1. The molecule has 0 radical (unpaired) electrons. The van der Waals surface area contributed by atoms with Gasteiger partial charge in [0.1, 0.15) is 0 Å². The predicted molar refractivity (Wildman–Crippen MR) is 90.3 cm³/mol. The third kappa shape index (κ3) is 2.95. The van der Waals surface area contributed by atoms with Crippen LogP contribution in [0.25, 0.3) is 0 Å². The number of nitrogens with zero attached hydrogens (tertiary/aromatic N) is 1. The van der Waals surface area contributed by atoms with Gasteiger partial charge in [-0.2, -0.15) is 0 Å². The number of nitrogens with one attached hydrogen (secondary N) is 1. The molecule has 0 aliphatic carbocycles. The number of benzene rings is 2. The molecule has 0 spiro atoms. The van der Waals surface area contributed by atoms with Crippen molar-refractivity contribution in [2.45, 2.75) is 25.8 Å². The zero-order valence-electron chi connectivity index (χ0n) is 12.6. The summed E-state index contributed by atoms with van der Waals surface area (Å²) in [4.78, 5) is 14.5. The monoisotopic (exact) mass is 314 g/mol. The Bertz CT molecular complexity index is 686. The van der Waals surface area contributed by atoms with Crippen molar-refractivity contribution in [1.29, 1.82) is 0 Å². The molecule has 0 bridgehead atoms. The van der Waals surface area contributed by atoms with Gasteiger partial charge in [-0.25, -0.2) is 4.79 Å². The summed E-state index contributed by atoms with van der Waals surface area (Å²) in [6.07, 6.45) is 2.02. The highest BCUT2D eigenvalue weighted by Gasteiger charge is 2.30. The fraction of sp³-hybridized carbons (Fsp3) is 0.278. The molecule has 0 saturated carbocycles. The molecule has 1 fully saturated rings. The topological polar surface area (TPSA) is 32.3 Å². The minimum absolute atomic E-state index is 0.0844. The van der Waals surface area contributed by atoms with Gasteiger partial charge in [-0.1, -0.05) is 48.0 Å². The van der Waals surface area contributed by atoms with Crippen LogP contribution in [0.3, 0.4) is 0 Å². The predicted octanol–water partition coefficient (Wildman–Crippen LogP) is 5.02. The molecule has 1 heterocycles. The van der Waals surface area contributed by atoms with Crippen LogP contribution in [0.4, 0.5) is 10.5 Å². The molecule has 1 atom stereocenters. The molecule has 3 rings (SSSR count). The van der Waals surface area contributed by atoms with E-state index in [9.17, 15) is 4.79 Å². The van der Waals surface area contributed by atoms with Crippen LogP contribution < -0.4 is 5.32 Å². The lowest BCUT2D eigenvalue weighted by Crippen LogP contribution is -2.34. The van der Waals surface area contributed by atoms with Crippen molar-refractivity contribution >= 4 is 23.3 Å². The average Bonchev–Trinajstić information content (AvgIpc) is 2.99. The number of carbonyl (C=O) groups is 1. The van der Waals surface area contributed by atoms with E-state index in [1.807, 2.05) is 35.2 Å². The molecular formula is C18H19ClN2O. The Kier molecular flexibility index (Phi) is 4.34. The Hall–Kier alpha value is -2.00. The average molecular weight is 315 g/mol. The van der Waals surface area contributed by atoms with Crippen molar-refractivity contribution in [1.82, 2.24) is 4.90 Å². The van der Waals surface area contributed by atoms with Crippen LogP contribution in [0.15, 0.2) is 48.5 Å². The molecular weight excluding hydrogens is 296 g/mol. The normalized spacial score (nSPS) is 17.5. The SMILES string of the molecule is Cc1ccccc1[C@H]1CCCN1C(=O)Nc1ccccc1Cl. The Labute approximate surface area is 135 Å². The number of halogens is 1. The van der Waals surface area contributed by atoms with E-state index in [0.717, 1.165) is 19.4 Å². The van der Waals surface area contributed by atoms with Crippen molar-refractivity contribution in [3.05, 3.63) is 64.7 Å². The summed E-state index contributed by atoms with van der Waals surface area (Å²) in [6.45, 7) is 2.87. The van der Waals surface area contributed by atoms with Gasteiger partial charge in [0, 0.05) is 6.54 Å². The summed E-state index contributed by atoms with van der Waals surface area (Å²) in [5, 5.41) is 3.48. The number of likely N-dealkylation sites (tertiary alicyclic amines) is 1. The van der Waals surface area contributed by atoms with Crippen LogP contribution >= 0.6 is 11.6 Å². The molecule has 0 unspecified atom stereocenters. The van der Waals surface area contributed by atoms with Gasteiger partial charge in [0.15, 0.2) is 0 Å². The maximum atomic E-state index is 12.6. The van der Waals surface area contributed by atoms with Crippen molar-refractivity contribution in [2.24, 2.45) is 0 Å². The second-order valence-corrected chi connectivity index (χ2v) is 6.03. The number of hydrogen-bond acceptors (Lipinski definition) is 1. The number of hydrogen-bond donors (Lipinski definition) is 1. The molecule has 1 N–H and O–H groups in total. The Balaban J connectivity index is 1.80. The third-order valence-electron chi connectivity index (χ3n) is 4.18. The minimum atomic E-state index is -0.0844. The van der Waals surface area contributed by atoms with E-state index >= 15 is 0 Å². The molecule has 3 nitrogen and oxygen atoms in total. The summed E-state index contributed by atoms with van der Waals surface area (Å²) >= 11 is 6.12. The van der Waals surface area contributed by atoms with Crippen LogP contribution in [0, 0.1) is 6.92 Å². The molecule has 2 amide bonds. The fourth-order valence-electron chi connectivity index (χ4n) is 3.04. The largest absolute Gasteiger partial charge is 0.322 e. The first kappa shape index (κ1) is 14.9. The fourth-order valence-corrected chi connectivity index (χ4v) is 3.23. The van der Waals surface area contributed by atoms with Crippen LogP contribution in [0.5, 0.6) is 0 Å². The lowest BCUT2D eigenvalue weighted by atomic mass is 9.99. The van der Waals surface area contributed by atoms with Crippen molar-refractivity contribution in [3.8, 4) is 0 Å². The Morgan fingerprint density at radius 1 is 1.18 bits per heavy atom. The van der Waals surface area contributed by atoms with Crippen molar-refractivity contribution in [3.63, 3.8) is 0 Å². The summed E-state index contributed by atoms with van der Waals surface area (Å²) in [5.41, 5.74) is 3.11. The molecule has 22 heavy (non-hydrogen) atoms. The zero-order valence-corrected chi connectivity index (χ0v) is 13.3. The van der Waals surface area contributed by atoms with Gasteiger partial charge in [-0.05, 0) is 43.0 Å². The van der Waals surface area contributed by atoms with Crippen molar-refractivity contribution < 1.29 is 4.79 Å². The zero-order chi connectivity index (χ0) is 15.5. The minimum Gasteiger partial charge on any atom is -0.317 e. The molecule has 2 aromatic rings. The highest BCUT2D eigenvalue weighted by atomic mass is 35.5. The summed E-state index contributed by atoms with van der Waals surface area (Å²) in [5.74, 6) is 0. The first-order valence-corrected chi connectivity index (χ1v) is 7.92. The van der Waals surface area contributed by atoms with Gasteiger partial charge in [0.2, 0.25) is 0 Å². The maximum absolute atomic E-state index is 12.6. The first-order valence-electron chi connectivity index (χ1n) is 7.54. The van der Waals surface area contributed by atoms with E-state index in [1.54, 1.807) is 6.07 Å². The summed E-state index contributed by atoms with van der Waals surface area (Å²) in [6, 6.07) is 15.6. The summed E-state index contributed by atoms with van der Waals surface area (Å²) in [7, 11) is 0. The molecule has 2 aromatic carbocycles. The molecule has 114 valence electrons. The van der Waals surface area contributed by atoms with E-state index in [0.29, 0.717) is 10.7 Å². The van der Waals surface area contributed by atoms with Crippen molar-refractivity contribution in [2.75, 3.05) is 11.9 Å². The first-order chi connectivity index (χ1) is 10.7. The lowest BCUT2D eigenvalue weighted by Gasteiger charge is -2.26. The van der Waals surface area contributed by atoms with E-state index in [1.165, 1.54) is 11.1 Å². The van der Waals surface area contributed by atoms with E-state index in [4.69, 9.17) is 11.6 Å². The Morgan fingerprint density at radius 3 is 2.68 bits per heavy atom. The molecule has 4 heteroatoms. The molecule has 1 aliphatic rings. The highest BCUT2D eigenvalue weighted by Crippen LogP contribution is 2.34.